The van der Waals surface area contributed by atoms with Crippen molar-refractivity contribution in [3.05, 3.63) is 59.9 Å². The van der Waals surface area contributed by atoms with Crippen molar-refractivity contribution in [1.29, 1.82) is 0 Å². The Labute approximate surface area is 109 Å². The Morgan fingerprint density at radius 1 is 1.22 bits per heavy atom. The normalized spacial score (nSPS) is 11.6. The highest BCUT2D eigenvalue weighted by atomic mass is 14.7. The maximum Gasteiger partial charge on any atom is 0.0658 e. The van der Waals surface area contributed by atoms with Gasteiger partial charge in [-0.2, -0.15) is 0 Å². The summed E-state index contributed by atoms with van der Waals surface area (Å²) >= 11 is 0. The van der Waals surface area contributed by atoms with E-state index in [0.29, 0.717) is 0 Å². The quantitative estimate of drug-likeness (QED) is 0.742. The lowest BCUT2D eigenvalue weighted by Gasteiger charge is -2.08. The van der Waals surface area contributed by atoms with Gasteiger partial charge in [0, 0.05) is 11.8 Å². The van der Waals surface area contributed by atoms with Crippen LogP contribution in [0.3, 0.4) is 0 Å². The van der Waals surface area contributed by atoms with Crippen LogP contribution in [0.5, 0.6) is 0 Å². The molecule has 0 unspecified atom stereocenters. The minimum absolute atomic E-state index is 1.05. The van der Waals surface area contributed by atoms with Crippen molar-refractivity contribution in [2.45, 2.75) is 27.2 Å². The van der Waals surface area contributed by atoms with Crippen LogP contribution >= 0.6 is 0 Å². The summed E-state index contributed by atoms with van der Waals surface area (Å²) in [5.41, 5.74) is 6.04. The van der Waals surface area contributed by atoms with E-state index >= 15 is 0 Å². The molecule has 1 aromatic carbocycles. The Morgan fingerprint density at radius 2 is 1.94 bits per heavy atom. The molecule has 1 heterocycles. The lowest BCUT2D eigenvalue weighted by Crippen LogP contribution is -1.91. The second-order valence-corrected chi connectivity index (χ2v) is 4.55. The number of aryl methyl sites for hydroxylation is 1. The van der Waals surface area contributed by atoms with Gasteiger partial charge < -0.3 is 0 Å². The van der Waals surface area contributed by atoms with Gasteiger partial charge in [-0.25, -0.2) is 0 Å². The Bertz CT molecular complexity index is 553. The highest BCUT2D eigenvalue weighted by molar-refractivity contribution is 5.69. The van der Waals surface area contributed by atoms with Crippen molar-refractivity contribution in [3.63, 3.8) is 0 Å². The topological polar surface area (TPSA) is 12.9 Å². The third-order valence-electron chi connectivity index (χ3n) is 3.11. The molecule has 92 valence electrons. The molecule has 0 aliphatic heterocycles. The Hall–Kier alpha value is -1.89. The minimum Gasteiger partial charge on any atom is -0.256 e. The van der Waals surface area contributed by atoms with E-state index in [1.165, 1.54) is 22.3 Å². The highest BCUT2D eigenvalue weighted by Gasteiger charge is 2.04. The molecule has 0 spiro atoms. The first-order chi connectivity index (χ1) is 8.72. The van der Waals surface area contributed by atoms with Crippen molar-refractivity contribution in [2.24, 2.45) is 0 Å². The summed E-state index contributed by atoms with van der Waals surface area (Å²) in [5, 5.41) is 0. The summed E-state index contributed by atoms with van der Waals surface area (Å²) in [5.74, 6) is 0. The summed E-state index contributed by atoms with van der Waals surface area (Å²) < 4.78 is 0. The van der Waals surface area contributed by atoms with Crippen LogP contribution in [0.25, 0.3) is 16.7 Å². The molecule has 2 rings (SSSR count). The highest BCUT2D eigenvalue weighted by Crippen LogP contribution is 2.24. The van der Waals surface area contributed by atoms with Crippen molar-refractivity contribution in [2.75, 3.05) is 0 Å². The average molecular weight is 237 g/mol. The first kappa shape index (κ1) is 12.6. The molecular formula is C17H19N. The van der Waals surface area contributed by atoms with Gasteiger partial charge in [-0.1, -0.05) is 43.3 Å². The number of pyridine rings is 1. The summed E-state index contributed by atoms with van der Waals surface area (Å²) in [6.45, 7) is 6.41. The SMILES string of the molecule is CC/C=C(\C)c1cc(C)c(-c2ccccc2)cn1. The smallest absolute Gasteiger partial charge is 0.0658 e. The fourth-order valence-electron chi connectivity index (χ4n) is 2.10. The van der Waals surface area contributed by atoms with Gasteiger partial charge >= 0.3 is 0 Å². The number of allylic oxidation sites excluding steroid dienone is 2. The number of nitrogens with zero attached hydrogens (tertiary/aromatic N) is 1. The molecule has 0 N–H and O–H groups in total. The first-order valence-corrected chi connectivity index (χ1v) is 6.41. The van der Waals surface area contributed by atoms with Crippen LogP contribution in [-0.4, -0.2) is 4.98 Å². The lowest BCUT2D eigenvalue weighted by atomic mass is 10.0. The van der Waals surface area contributed by atoms with E-state index in [9.17, 15) is 0 Å². The average Bonchev–Trinajstić information content (AvgIpc) is 2.40. The molecule has 0 aliphatic rings. The number of rotatable bonds is 3. The molecule has 1 nitrogen and oxygen atoms in total. The second kappa shape index (κ2) is 5.63. The third-order valence-corrected chi connectivity index (χ3v) is 3.11. The molecular weight excluding hydrogens is 218 g/mol. The van der Waals surface area contributed by atoms with E-state index < -0.39 is 0 Å². The van der Waals surface area contributed by atoms with E-state index in [4.69, 9.17) is 0 Å². The van der Waals surface area contributed by atoms with Crippen molar-refractivity contribution >= 4 is 5.57 Å². The molecule has 1 aromatic heterocycles. The van der Waals surface area contributed by atoms with Crippen molar-refractivity contribution in [1.82, 2.24) is 4.98 Å². The zero-order valence-electron chi connectivity index (χ0n) is 11.3. The Balaban J connectivity index is 2.40. The first-order valence-electron chi connectivity index (χ1n) is 6.41. The maximum absolute atomic E-state index is 4.57. The predicted molar refractivity (Wildman–Crippen MR) is 78.4 cm³/mol. The number of benzene rings is 1. The Kier molecular flexibility index (Phi) is 3.93. The number of hydrogen-bond donors (Lipinski definition) is 0. The summed E-state index contributed by atoms with van der Waals surface area (Å²) in [6.07, 6.45) is 5.24. The number of hydrogen-bond acceptors (Lipinski definition) is 1. The van der Waals surface area contributed by atoms with Gasteiger partial charge in [-0.15, -0.1) is 0 Å². The van der Waals surface area contributed by atoms with Crippen molar-refractivity contribution in [3.8, 4) is 11.1 Å². The van der Waals surface area contributed by atoms with Gasteiger partial charge in [-0.3, -0.25) is 4.98 Å². The summed E-state index contributed by atoms with van der Waals surface area (Å²) in [4.78, 5) is 4.57. The monoisotopic (exact) mass is 237 g/mol. The largest absolute Gasteiger partial charge is 0.256 e. The van der Waals surface area contributed by atoms with Crippen LogP contribution in [-0.2, 0) is 0 Å². The fourth-order valence-corrected chi connectivity index (χ4v) is 2.10. The van der Waals surface area contributed by atoms with E-state index in [2.05, 4.69) is 62.2 Å². The van der Waals surface area contributed by atoms with Crippen LogP contribution in [0.15, 0.2) is 48.7 Å². The molecule has 2 aromatic rings. The molecule has 0 amide bonds. The molecule has 0 bridgehead atoms. The molecule has 0 atom stereocenters. The third kappa shape index (κ3) is 2.67. The van der Waals surface area contributed by atoms with Crippen molar-refractivity contribution < 1.29 is 0 Å². The molecule has 0 fully saturated rings. The van der Waals surface area contributed by atoms with E-state index in [1.54, 1.807) is 0 Å². The van der Waals surface area contributed by atoms with E-state index in [0.717, 1.165) is 12.1 Å². The Morgan fingerprint density at radius 3 is 2.56 bits per heavy atom. The molecule has 1 heteroatoms. The zero-order chi connectivity index (χ0) is 13.0. The number of aromatic nitrogens is 1. The van der Waals surface area contributed by atoms with Crippen LogP contribution < -0.4 is 0 Å². The van der Waals surface area contributed by atoms with Crippen LogP contribution in [0.1, 0.15) is 31.5 Å². The molecule has 18 heavy (non-hydrogen) atoms. The van der Waals surface area contributed by atoms with Gasteiger partial charge in [0.05, 0.1) is 5.69 Å². The fraction of sp³-hybridized carbons (Fsp3) is 0.235. The maximum atomic E-state index is 4.57. The van der Waals surface area contributed by atoms with Gasteiger partial charge in [-0.05, 0) is 43.0 Å². The summed E-state index contributed by atoms with van der Waals surface area (Å²) in [7, 11) is 0. The second-order valence-electron chi connectivity index (χ2n) is 4.55. The lowest BCUT2D eigenvalue weighted by molar-refractivity contribution is 1.19. The molecule has 0 aliphatic carbocycles. The van der Waals surface area contributed by atoms with Gasteiger partial charge in [0.25, 0.3) is 0 Å². The van der Waals surface area contributed by atoms with Crippen LogP contribution in [0.4, 0.5) is 0 Å². The van der Waals surface area contributed by atoms with Gasteiger partial charge in [0.1, 0.15) is 0 Å². The molecule has 0 saturated heterocycles. The van der Waals surface area contributed by atoms with E-state index in [-0.39, 0.29) is 0 Å². The zero-order valence-corrected chi connectivity index (χ0v) is 11.3. The summed E-state index contributed by atoms with van der Waals surface area (Å²) in [6, 6.07) is 12.6. The standard InChI is InChI=1S/C17H19N/c1-4-8-13(2)17-11-14(3)16(12-18-17)15-9-6-5-7-10-15/h5-12H,4H2,1-3H3/b13-8+. The van der Waals surface area contributed by atoms with Gasteiger partial charge in [0.2, 0.25) is 0 Å². The molecule has 0 saturated carbocycles. The van der Waals surface area contributed by atoms with Gasteiger partial charge in [0.15, 0.2) is 0 Å². The minimum atomic E-state index is 1.05. The van der Waals surface area contributed by atoms with Crippen LogP contribution in [0.2, 0.25) is 0 Å². The van der Waals surface area contributed by atoms with Crippen LogP contribution in [0, 0.1) is 6.92 Å². The van der Waals surface area contributed by atoms with E-state index in [1.807, 2.05) is 12.3 Å². The molecule has 0 radical (unpaired) electrons. The predicted octanol–water partition coefficient (Wildman–Crippen LogP) is 4.87.